The van der Waals surface area contributed by atoms with Crippen molar-refractivity contribution in [3.05, 3.63) is 23.0 Å². The predicted octanol–water partition coefficient (Wildman–Crippen LogP) is 5.44. The van der Waals surface area contributed by atoms with Crippen LogP contribution in [0.4, 0.5) is 0 Å². The molecule has 8 heteroatoms. The Kier molecular flexibility index (Phi) is 15.5. The molecule has 0 aromatic carbocycles. The molecule has 0 aromatic rings. The Balaban J connectivity index is 1.77. The number of halogens is 1. The van der Waals surface area contributed by atoms with Gasteiger partial charge in [0.15, 0.2) is 0 Å². The highest BCUT2D eigenvalue weighted by Crippen LogP contribution is 2.34. The van der Waals surface area contributed by atoms with Crippen LogP contribution in [0.15, 0.2) is 23.0 Å². The van der Waals surface area contributed by atoms with Crippen molar-refractivity contribution >= 4 is 17.5 Å². The maximum Gasteiger partial charge on any atom is 0.226 e. The third kappa shape index (κ3) is 10.5. The van der Waals surface area contributed by atoms with Gasteiger partial charge in [0.25, 0.3) is 0 Å². The van der Waals surface area contributed by atoms with Crippen LogP contribution in [0.3, 0.4) is 0 Å². The van der Waals surface area contributed by atoms with Crippen LogP contribution in [0.25, 0.3) is 0 Å². The smallest absolute Gasteiger partial charge is 0.226 e. The van der Waals surface area contributed by atoms with Crippen molar-refractivity contribution < 1.29 is 14.3 Å². The average Bonchev–Trinajstić information content (AvgIpc) is 3.07. The number of unbranched alkanes of at least 4 members (excludes halogenated alkanes) is 6. The third-order valence-corrected chi connectivity index (χ3v) is 9.50. The van der Waals surface area contributed by atoms with Crippen molar-refractivity contribution in [3.8, 4) is 0 Å². The summed E-state index contributed by atoms with van der Waals surface area (Å²) in [5.41, 5.74) is 2.75. The highest BCUT2D eigenvalue weighted by Gasteiger charge is 2.42. The Morgan fingerprint density at radius 3 is 2.49 bits per heavy atom. The first-order valence-electron chi connectivity index (χ1n) is 16.6. The number of rotatable bonds is 16. The predicted molar refractivity (Wildman–Crippen MR) is 170 cm³/mol. The van der Waals surface area contributed by atoms with E-state index in [1.165, 1.54) is 56.1 Å². The van der Waals surface area contributed by atoms with Gasteiger partial charge in [-0.15, -0.1) is 11.6 Å². The van der Waals surface area contributed by atoms with Crippen molar-refractivity contribution in [2.75, 3.05) is 40.0 Å². The highest BCUT2D eigenvalue weighted by molar-refractivity contribution is 6.22. The van der Waals surface area contributed by atoms with Gasteiger partial charge in [-0.05, 0) is 57.4 Å². The molecule has 3 heterocycles. The van der Waals surface area contributed by atoms with Crippen molar-refractivity contribution in [1.29, 1.82) is 0 Å². The summed E-state index contributed by atoms with van der Waals surface area (Å²) >= 11 is 6.80. The minimum absolute atomic E-state index is 0.0349. The largest absolute Gasteiger partial charge is 0.493 e. The van der Waals surface area contributed by atoms with E-state index in [1.54, 1.807) is 7.11 Å². The summed E-state index contributed by atoms with van der Waals surface area (Å²) in [6, 6.07) is 0.194. The van der Waals surface area contributed by atoms with Gasteiger partial charge in [-0.3, -0.25) is 4.79 Å². The van der Waals surface area contributed by atoms with E-state index < -0.39 is 0 Å². The van der Waals surface area contributed by atoms with Crippen molar-refractivity contribution in [2.24, 2.45) is 11.8 Å². The first-order chi connectivity index (χ1) is 19.9. The van der Waals surface area contributed by atoms with E-state index >= 15 is 0 Å². The SMILES string of the molecule is CCCCCCCC1=C(OCCOC)C(NC(=O)C2C(C)NC(C)C3CC2NCC(Cl)/C=C/3CCCCC)CNC1. The summed E-state index contributed by atoms with van der Waals surface area (Å²) in [5, 5.41) is 14.4. The minimum Gasteiger partial charge on any atom is -0.493 e. The van der Waals surface area contributed by atoms with E-state index in [9.17, 15) is 4.79 Å². The van der Waals surface area contributed by atoms with E-state index in [1.807, 2.05) is 0 Å². The molecule has 7 atom stereocenters. The van der Waals surface area contributed by atoms with Crippen LogP contribution in [-0.2, 0) is 14.3 Å². The van der Waals surface area contributed by atoms with E-state index in [-0.39, 0.29) is 41.4 Å². The summed E-state index contributed by atoms with van der Waals surface area (Å²) in [4.78, 5) is 14.2. The van der Waals surface area contributed by atoms with E-state index in [0.717, 1.165) is 38.0 Å². The van der Waals surface area contributed by atoms with Crippen LogP contribution >= 0.6 is 11.6 Å². The lowest BCUT2D eigenvalue weighted by Crippen LogP contribution is -2.56. The lowest BCUT2D eigenvalue weighted by Gasteiger charge is -2.35. The van der Waals surface area contributed by atoms with Gasteiger partial charge in [0.1, 0.15) is 12.4 Å². The number of carbonyl (C=O) groups excluding carboxylic acids is 1. The summed E-state index contributed by atoms with van der Waals surface area (Å²) < 4.78 is 11.6. The molecule has 1 saturated heterocycles. The summed E-state index contributed by atoms with van der Waals surface area (Å²) in [6.07, 6.45) is 15.2. The zero-order chi connectivity index (χ0) is 29.6. The molecule has 4 N–H and O–H groups in total. The highest BCUT2D eigenvalue weighted by atomic mass is 35.5. The minimum atomic E-state index is -0.207. The van der Waals surface area contributed by atoms with E-state index in [0.29, 0.717) is 32.2 Å². The lowest BCUT2D eigenvalue weighted by molar-refractivity contribution is -0.127. The maximum atomic E-state index is 14.2. The molecule has 1 amide bonds. The number of hydrogen-bond donors (Lipinski definition) is 4. The Labute approximate surface area is 255 Å². The lowest BCUT2D eigenvalue weighted by atomic mass is 9.80. The summed E-state index contributed by atoms with van der Waals surface area (Å²) in [7, 11) is 1.70. The summed E-state index contributed by atoms with van der Waals surface area (Å²) in [5.74, 6) is 1.19. The average molecular weight is 595 g/mol. The molecular weight excluding hydrogens is 536 g/mol. The first-order valence-corrected chi connectivity index (χ1v) is 17.0. The molecule has 41 heavy (non-hydrogen) atoms. The molecule has 3 aliphatic rings. The second-order valence-electron chi connectivity index (χ2n) is 12.5. The van der Waals surface area contributed by atoms with Gasteiger partial charge in [0, 0.05) is 44.9 Å². The molecular formula is C33H59ClN4O3. The van der Waals surface area contributed by atoms with Crippen molar-refractivity contribution in [1.82, 2.24) is 21.3 Å². The fourth-order valence-corrected chi connectivity index (χ4v) is 7.25. The number of fused-ring (bicyclic) bond motifs is 2. The number of alkyl halides is 1. The van der Waals surface area contributed by atoms with Crippen LogP contribution in [0.5, 0.6) is 0 Å². The zero-order valence-corrected chi connectivity index (χ0v) is 27.3. The molecule has 0 spiro atoms. The molecule has 0 radical (unpaired) electrons. The molecule has 3 rings (SSSR count). The topological polar surface area (TPSA) is 83.7 Å². The monoisotopic (exact) mass is 594 g/mol. The molecule has 3 aliphatic heterocycles. The first kappa shape index (κ1) is 34.4. The molecule has 0 aromatic heterocycles. The van der Waals surface area contributed by atoms with Gasteiger partial charge < -0.3 is 30.7 Å². The van der Waals surface area contributed by atoms with Gasteiger partial charge in [-0.2, -0.15) is 0 Å². The van der Waals surface area contributed by atoms with Crippen LogP contribution in [0.2, 0.25) is 0 Å². The van der Waals surface area contributed by atoms with Crippen LogP contribution in [0, 0.1) is 11.8 Å². The molecule has 1 fully saturated rings. The van der Waals surface area contributed by atoms with Crippen molar-refractivity contribution in [3.63, 3.8) is 0 Å². The number of nitrogens with one attached hydrogen (secondary N) is 4. The van der Waals surface area contributed by atoms with Crippen LogP contribution in [0.1, 0.15) is 98.3 Å². The number of amides is 1. The quantitative estimate of drug-likeness (QED) is 0.108. The fraction of sp³-hybridized carbons (Fsp3) is 0.848. The Hall–Kier alpha value is -1.12. The molecule has 236 valence electrons. The molecule has 7 unspecified atom stereocenters. The number of carbonyl (C=O) groups is 1. The second kappa shape index (κ2) is 18.5. The van der Waals surface area contributed by atoms with Crippen molar-refractivity contribution in [2.45, 2.75) is 128 Å². The Morgan fingerprint density at radius 2 is 1.73 bits per heavy atom. The third-order valence-electron chi connectivity index (χ3n) is 9.22. The summed E-state index contributed by atoms with van der Waals surface area (Å²) in [6.45, 7) is 12.1. The molecule has 2 bridgehead atoms. The number of ether oxygens (including phenoxy) is 2. The van der Waals surface area contributed by atoms with Gasteiger partial charge in [-0.1, -0.05) is 64.0 Å². The maximum absolute atomic E-state index is 14.2. The van der Waals surface area contributed by atoms with Crippen LogP contribution in [-0.4, -0.2) is 75.4 Å². The fourth-order valence-electron chi connectivity index (χ4n) is 7.00. The van der Waals surface area contributed by atoms with E-state index in [2.05, 4.69) is 55.0 Å². The zero-order valence-electron chi connectivity index (χ0n) is 26.5. The number of methoxy groups -OCH3 is 1. The van der Waals surface area contributed by atoms with Crippen LogP contribution < -0.4 is 21.3 Å². The molecule has 0 saturated carbocycles. The van der Waals surface area contributed by atoms with Gasteiger partial charge >= 0.3 is 0 Å². The molecule has 7 nitrogen and oxygen atoms in total. The van der Waals surface area contributed by atoms with E-state index in [4.69, 9.17) is 21.1 Å². The Bertz CT molecular complexity index is 850. The van der Waals surface area contributed by atoms with Gasteiger partial charge in [0.2, 0.25) is 5.91 Å². The normalized spacial score (nSPS) is 32.0. The van der Waals surface area contributed by atoms with Gasteiger partial charge in [0.05, 0.1) is 23.9 Å². The second-order valence-corrected chi connectivity index (χ2v) is 13.1. The molecule has 0 aliphatic carbocycles. The number of hydrogen-bond acceptors (Lipinski definition) is 6. The van der Waals surface area contributed by atoms with Gasteiger partial charge in [-0.25, -0.2) is 0 Å². The Morgan fingerprint density at radius 1 is 1.00 bits per heavy atom. The standard InChI is InChI=1S/C33H59ClN4O3/c1-6-8-10-11-13-15-26-20-35-22-30(32(26)41-17-16-40-5)38-33(39)31-24(4)37-23(3)28-19-29(31)36-21-27(34)18-25(28)14-12-9-7-2/h18,23-24,27-31,35-37H,6-17,19-22H2,1-5H3,(H,38,39)/b25-18+.